The fourth-order valence-corrected chi connectivity index (χ4v) is 4.20. The van der Waals surface area contributed by atoms with E-state index in [0.717, 1.165) is 17.1 Å². The van der Waals surface area contributed by atoms with Crippen molar-refractivity contribution in [3.63, 3.8) is 0 Å². The first-order chi connectivity index (χ1) is 14.1. The van der Waals surface area contributed by atoms with Crippen molar-refractivity contribution in [2.75, 3.05) is 18.2 Å². The highest BCUT2D eigenvalue weighted by Crippen LogP contribution is 2.24. The lowest BCUT2D eigenvalue weighted by Gasteiger charge is -2.09. The largest absolute Gasteiger partial charge is 0.495 e. The highest BCUT2D eigenvalue weighted by atomic mass is 32.2. The molecule has 152 valence electrons. The van der Waals surface area contributed by atoms with Crippen LogP contribution in [0.15, 0.2) is 53.7 Å². The summed E-state index contributed by atoms with van der Waals surface area (Å²) in [4.78, 5) is 12.2. The number of benzene rings is 2. The molecule has 9 heteroatoms. The molecule has 0 atom stereocenters. The van der Waals surface area contributed by atoms with Crippen molar-refractivity contribution in [1.29, 1.82) is 0 Å². The number of rotatable bonds is 9. The van der Waals surface area contributed by atoms with E-state index in [-0.39, 0.29) is 17.5 Å². The van der Waals surface area contributed by atoms with Gasteiger partial charge in [0.05, 0.1) is 24.3 Å². The van der Waals surface area contributed by atoms with Gasteiger partial charge in [0.15, 0.2) is 5.16 Å². The molecule has 0 aliphatic rings. The molecule has 1 heterocycles. The molecular formula is C20H21FN4O2S2. The van der Waals surface area contributed by atoms with Crippen molar-refractivity contribution in [3.05, 3.63) is 65.7 Å². The third kappa shape index (κ3) is 5.98. The number of ether oxygens (including phenoxy) is 1. The Balaban J connectivity index is 1.48. The minimum absolute atomic E-state index is 0.144. The van der Waals surface area contributed by atoms with E-state index in [1.54, 1.807) is 43.1 Å². The quantitative estimate of drug-likeness (QED) is 0.513. The summed E-state index contributed by atoms with van der Waals surface area (Å²) in [6, 6.07) is 13.7. The first-order valence-electron chi connectivity index (χ1n) is 8.83. The molecule has 6 nitrogen and oxygen atoms in total. The molecule has 3 rings (SSSR count). The molecule has 0 saturated heterocycles. The molecule has 0 aliphatic carbocycles. The standard InChI is InChI=1S/C20H21FN4O2S2/c1-25-18(12-28-11-14-7-9-15(21)10-8-14)23-24-20(25)29-13-19(26)22-16-5-3-4-6-17(16)27-2/h3-10H,11-13H2,1-2H3,(H,22,26). The zero-order chi connectivity index (χ0) is 20.6. The average molecular weight is 433 g/mol. The Hall–Kier alpha value is -2.52. The molecule has 0 bridgehead atoms. The van der Waals surface area contributed by atoms with E-state index in [1.807, 2.05) is 23.7 Å². The second-order valence-electron chi connectivity index (χ2n) is 6.11. The van der Waals surface area contributed by atoms with Crippen LogP contribution in [0, 0.1) is 5.82 Å². The van der Waals surface area contributed by atoms with Crippen LogP contribution in [0.4, 0.5) is 10.1 Å². The Morgan fingerprint density at radius 3 is 2.66 bits per heavy atom. The maximum absolute atomic E-state index is 13.0. The smallest absolute Gasteiger partial charge is 0.234 e. The lowest BCUT2D eigenvalue weighted by atomic mass is 10.2. The SMILES string of the molecule is COc1ccccc1NC(=O)CSc1nnc(CSCc2ccc(F)cc2)n1C. The molecule has 0 spiro atoms. The van der Waals surface area contributed by atoms with Gasteiger partial charge in [-0.1, -0.05) is 36.0 Å². The monoisotopic (exact) mass is 432 g/mol. The average Bonchev–Trinajstić information content (AvgIpc) is 3.08. The maximum Gasteiger partial charge on any atom is 0.234 e. The van der Waals surface area contributed by atoms with Crippen LogP contribution in [0.25, 0.3) is 0 Å². The third-order valence-electron chi connectivity index (χ3n) is 4.05. The van der Waals surface area contributed by atoms with Crippen LogP contribution in [0.2, 0.25) is 0 Å². The van der Waals surface area contributed by atoms with Gasteiger partial charge in [0.1, 0.15) is 17.4 Å². The summed E-state index contributed by atoms with van der Waals surface area (Å²) in [7, 11) is 3.45. The van der Waals surface area contributed by atoms with Crippen LogP contribution in [0.3, 0.4) is 0 Å². The van der Waals surface area contributed by atoms with Crippen LogP contribution in [-0.2, 0) is 23.3 Å². The molecule has 0 saturated carbocycles. The molecule has 0 fully saturated rings. The molecule has 1 amide bonds. The molecule has 0 unspecified atom stereocenters. The number of thioether (sulfide) groups is 2. The van der Waals surface area contributed by atoms with Gasteiger partial charge in [0.2, 0.25) is 5.91 Å². The Morgan fingerprint density at radius 1 is 1.14 bits per heavy atom. The first kappa shape index (κ1) is 21.2. The van der Waals surface area contributed by atoms with E-state index < -0.39 is 0 Å². The van der Waals surface area contributed by atoms with Crippen LogP contribution in [-0.4, -0.2) is 33.5 Å². The number of para-hydroxylation sites is 2. The first-order valence-corrected chi connectivity index (χ1v) is 11.0. The summed E-state index contributed by atoms with van der Waals surface area (Å²) in [5.74, 6) is 2.71. The maximum atomic E-state index is 13.0. The predicted octanol–water partition coefficient (Wildman–Crippen LogP) is 4.13. The molecule has 29 heavy (non-hydrogen) atoms. The van der Waals surface area contributed by atoms with Crippen molar-refractivity contribution in [2.24, 2.45) is 7.05 Å². The summed E-state index contributed by atoms with van der Waals surface area (Å²) in [6.07, 6.45) is 0. The Bertz CT molecular complexity index is 963. The number of methoxy groups -OCH3 is 1. The van der Waals surface area contributed by atoms with Gasteiger partial charge >= 0.3 is 0 Å². The second-order valence-corrected chi connectivity index (χ2v) is 8.04. The lowest BCUT2D eigenvalue weighted by Crippen LogP contribution is -2.15. The summed E-state index contributed by atoms with van der Waals surface area (Å²) in [5, 5.41) is 11.9. The van der Waals surface area contributed by atoms with E-state index in [1.165, 1.54) is 23.9 Å². The fraction of sp³-hybridized carbons (Fsp3) is 0.250. The second kappa shape index (κ2) is 10.3. The fourth-order valence-electron chi connectivity index (χ4n) is 2.50. The number of halogens is 1. The normalized spacial score (nSPS) is 10.7. The van der Waals surface area contributed by atoms with Crippen molar-refractivity contribution < 1.29 is 13.9 Å². The van der Waals surface area contributed by atoms with E-state index in [0.29, 0.717) is 22.3 Å². The summed E-state index contributed by atoms with van der Waals surface area (Å²) >= 11 is 3.00. The van der Waals surface area contributed by atoms with Gasteiger partial charge in [-0.05, 0) is 29.8 Å². The highest BCUT2D eigenvalue weighted by Gasteiger charge is 2.13. The van der Waals surface area contributed by atoms with Crippen LogP contribution in [0.1, 0.15) is 11.4 Å². The minimum Gasteiger partial charge on any atom is -0.495 e. The number of aromatic nitrogens is 3. The van der Waals surface area contributed by atoms with Gasteiger partial charge in [0.25, 0.3) is 0 Å². The highest BCUT2D eigenvalue weighted by molar-refractivity contribution is 7.99. The van der Waals surface area contributed by atoms with Gasteiger partial charge in [-0.2, -0.15) is 0 Å². The van der Waals surface area contributed by atoms with Gasteiger partial charge in [-0.3, -0.25) is 4.79 Å². The van der Waals surface area contributed by atoms with Gasteiger partial charge in [0, 0.05) is 12.8 Å². The summed E-state index contributed by atoms with van der Waals surface area (Å²) in [5.41, 5.74) is 1.69. The minimum atomic E-state index is -0.233. The zero-order valence-electron chi connectivity index (χ0n) is 16.1. The molecule has 2 aromatic carbocycles. The van der Waals surface area contributed by atoms with Crippen LogP contribution in [0.5, 0.6) is 5.75 Å². The van der Waals surface area contributed by atoms with E-state index in [2.05, 4.69) is 15.5 Å². The van der Waals surface area contributed by atoms with Crippen molar-refractivity contribution >= 4 is 35.1 Å². The topological polar surface area (TPSA) is 69.0 Å². The molecule has 0 radical (unpaired) electrons. The van der Waals surface area contributed by atoms with Crippen molar-refractivity contribution in [2.45, 2.75) is 16.7 Å². The van der Waals surface area contributed by atoms with E-state index in [9.17, 15) is 9.18 Å². The van der Waals surface area contributed by atoms with Crippen LogP contribution < -0.4 is 10.1 Å². The predicted molar refractivity (Wildman–Crippen MR) is 115 cm³/mol. The van der Waals surface area contributed by atoms with Gasteiger partial charge in [-0.25, -0.2) is 4.39 Å². The zero-order valence-corrected chi connectivity index (χ0v) is 17.7. The van der Waals surface area contributed by atoms with Gasteiger partial charge < -0.3 is 14.6 Å². The van der Waals surface area contributed by atoms with Gasteiger partial charge in [-0.15, -0.1) is 22.0 Å². The number of hydrogen-bond donors (Lipinski definition) is 1. The van der Waals surface area contributed by atoms with Crippen LogP contribution >= 0.6 is 23.5 Å². The Kier molecular flexibility index (Phi) is 7.54. The molecule has 3 aromatic rings. The number of amides is 1. The molecule has 1 aromatic heterocycles. The summed E-state index contributed by atoms with van der Waals surface area (Å²) < 4.78 is 20.1. The van der Waals surface area contributed by atoms with Crippen molar-refractivity contribution in [1.82, 2.24) is 14.8 Å². The molecular weight excluding hydrogens is 411 g/mol. The van der Waals surface area contributed by atoms with Crippen molar-refractivity contribution in [3.8, 4) is 5.75 Å². The molecule has 0 aliphatic heterocycles. The van der Waals surface area contributed by atoms with E-state index >= 15 is 0 Å². The Morgan fingerprint density at radius 2 is 1.90 bits per heavy atom. The third-order valence-corrected chi connectivity index (χ3v) is 6.07. The summed E-state index contributed by atoms with van der Waals surface area (Å²) in [6.45, 7) is 0. The number of carbonyl (C=O) groups is 1. The number of anilines is 1. The number of carbonyl (C=O) groups excluding carboxylic acids is 1. The lowest BCUT2D eigenvalue weighted by molar-refractivity contribution is -0.113. The number of nitrogens with one attached hydrogen (secondary N) is 1. The number of nitrogens with zero attached hydrogens (tertiary/aromatic N) is 3. The number of hydrogen-bond acceptors (Lipinski definition) is 6. The molecule has 1 N–H and O–H groups in total. The Labute approximate surface area is 177 Å². The van der Waals surface area contributed by atoms with E-state index in [4.69, 9.17) is 4.74 Å².